The van der Waals surface area contributed by atoms with Gasteiger partial charge in [-0.2, -0.15) is 0 Å². The molecule has 0 aromatic heterocycles. The molecule has 0 amide bonds. The van der Waals surface area contributed by atoms with Gasteiger partial charge in [-0.1, -0.05) is 20.8 Å². The molecule has 2 aliphatic rings. The van der Waals surface area contributed by atoms with Crippen LogP contribution in [0, 0.1) is 23.7 Å². The van der Waals surface area contributed by atoms with Crippen LogP contribution in [0.2, 0.25) is 0 Å². The van der Waals surface area contributed by atoms with Crippen LogP contribution in [0.3, 0.4) is 0 Å². The van der Waals surface area contributed by atoms with Crippen LogP contribution in [0.25, 0.3) is 0 Å². The molecule has 2 fully saturated rings. The Hall–Kier alpha value is -1.18. The molecule has 0 radical (unpaired) electrons. The van der Waals surface area contributed by atoms with E-state index in [4.69, 9.17) is 10.5 Å². The van der Waals surface area contributed by atoms with E-state index in [2.05, 4.69) is 27.7 Å². The fourth-order valence-corrected chi connectivity index (χ4v) is 4.27. The van der Waals surface area contributed by atoms with E-state index >= 15 is 0 Å². The zero-order valence-corrected chi connectivity index (χ0v) is 12.5. The fourth-order valence-electron chi connectivity index (χ4n) is 4.27. The molecule has 0 heterocycles. The molecule has 19 heavy (non-hydrogen) atoms. The number of rotatable bonds is 2. The highest BCUT2D eigenvalue weighted by Crippen LogP contribution is 2.66. The Kier molecular flexibility index (Phi) is 2.64. The third-order valence-corrected chi connectivity index (χ3v) is 6.18. The van der Waals surface area contributed by atoms with Crippen molar-refractivity contribution in [1.29, 1.82) is 0 Å². The molecule has 0 spiro atoms. The molecule has 1 aromatic carbocycles. The first-order chi connectivity index (χ1) is 8.84. The average molecular weight is 259 g/mol. The molecule has 2 bridgehead atoms. The van der Waals surface area contributed by atoms with E-state index in [0.29, 0.717) is 16.9 Å². The van der Waals surface area contributed by atoms with Gasteiger partial charge in [0, 0.05) is 11.1 Å². The molecular weight excluding hydrogens is 234 g/mol. The number of nitrogens with two attached hydrogens (primary N) is 1. The first kappa shape index (κ1) is 12.8. The van der Waals surface area contributed by atoms with Gasteiger partial charge in [0.2, 0.25) is 0 Å². The van der Waals surface area contributed by atoms with Gasteiger partial charge in [0.05, 0.1) is 0 Å². The van der Waals surface area contributed by atoms with Gasteiger partial charge in [0.15, 0.2) is 0 Å². The van der Waals surface area contributed by atoms with Gasteiger partial charge in [0.1, 0.15) is 11.9 Å². The molecule has 2 N–H and O–H groups in total. The molecule has 3 unspecified atom stereocenters. The molecule has 2 nitrogen and oxygen atoms in total. The molecule has 0 saturated heterocycles. The summed E-state index contributed by atoms with van der Waals surface area (Å²) < 4.78 is 6.38. The second kappa shape index (κ2) is 3.91. The summed E-state index contributed by atoms with van der Waals surface area (Å²) in [5.74, 6) is 1.82. The Morgan fingerprint density at radius 1 is 1.26 bits per heavy atom. The average Bonchev–Trinajstić information content (AvgIpc) is 2.65. The molecule has 3 atom stereocenters. The SMILES string of the molecule is Cc1cc(N)ccc1OC1CC2CCC1(C)C2(C)C. The van der Waals surface area contributed by atoms with E-state index in [0.717, 1.165) is 22.9 Å². The van der Waals surface area contributed by atoms with E-state index < -0.39 is 0 Å². The third-order valence-electron chi connectivity index (χ3n) is 6.18. The zero-order chi connectivity index (χ0) is 13.8. The number of hydrogen-bond donors (Lipinski definition) is 1. The number of hydrogen-bond acceptors (Lipinski definition) is 2. The first-order valence-corrected chi connectivity index (χ1v) is 7.37. The Labute approximate surface area is 116 Å². The quantitative estimate of drug-likeness (QED) is 0.809. The Balaban J connectivity index is 1.86. The minimum absolute atomic E-state index is 0.311. The van der Waals surface area contributed by atoms with E-state index in [1.54, 1.807) is 0 Å². The smallest absolute Gasteiger partial charge is 0.122 e. The predicted octanol–water partition coefficient (Wildman–Crippen LogP) is 4.17. The molecule has 3 rings (SSSR count). The van der Waals surface area contributed by atoms with Gasteiger partial charge >= 0.3 is 0 Å². The van der Waals surface area contributed by atoms with Crippen molar-refractivity contribution >= 4 is 5.69 Å². The highest BCUT2D eigenvalue weighted by atomic mass is 16.5. The summed E-state index contributed by atoms with van der Waals surface area (Å²) in [5, 5.41) is 0. The van der Waals surface area contributed by atoms with Crippen LogP contribution in [0.5, 0.6) is 5.75 Å². The van der Waals surface area contributed by atoms with E-state index in [1.165, 1.54) is 19.3 Å². The lowest BCUT2D eigenvalue weighted by molar-refractivity contribution is 0.0297. The number of anilines is 1. The van der Waals surface area contributed by atoms with Crippen LogP contribution in [-0.4, -0.2) is 6.10 Å². The summed E-state index contributed by atoms with van der Waals surface area (Å²) in [6.07, 6.45) is 4.21. The van der Waals surface area contributed by atoms with Crippen LogP contribution in [0.1, 0.15) is 45.6 Å². The van der Waals surface area contributed by atoms with Gasteiger partial charge in [-0.25, -0.2) is 0 Å². The summed E-state index contributed by atoms with van der Waals surface area (Å²) in [4.78, 5) is 0. The van der Waals surface area contributed by atoms with Crippen molar-refractivity contribution in [2.24, 2.45) is 16.7 Å². The summed E-state index contributed by atoms with van der Waals surface area (Å²) >= 11 is 0. The topological polar surface area (TPSA) is 35.2 Å². The van der Waals surface area contributed by atoms with Gasteiger partial charge in [-0.3, -0.25) is 0 Å². The second-order valence-corrected chi connectivity index (χ2v) is 7.24. The summed E-state index contributed by atoms with van der Waals surface area (Å²) in [5.41, 5.74) is 8.48. The minimum atomic E-state index is 0.311. The van der Waals surface area contributed by atoms with Crippen molar-refractivity contribution in [3.8, 4) is 5.75 Å². The number of ether oxygens (including phenoxy) is 1. The maximum absolute atomic E-state index is 6.38. The Morgan fingerprint density at radius 2 is 2.00 bits per heavy atom. The van der Waals surface area contributed by atoms with Crippen LogP contribution in [-0.2, 0) is 0 Å². The minimum Gasteiger partial charge on any atom is -0.490 e. The van der Waals surface area contributed by atoms with Crippen molar-refractivity contribution in [2.45, 2.75) is 53.1 Å². The molecule has 2 aliphatic carbocycles. The maximum atomic E-state index is 6.38. The van der Waals surface area contributed by atoms with Crippen molar-refractivity contribution in [3.63, 3.8) is 0 Å². The van der Waals surface area contributed by atoms with E-state index in [9.17, 15) is 0 Å². The molecular formula is C17H25NO. The summed E-state index contributed by atoms with van der Waals surface area (Å²) in [6.45, 7) is 9.33. The monoisotopic (exact) mass is 259 g/mol. The lowest BCUT2D eigenvalue weighted by Crippen LogP contribution is -2.39. The van der Waals surface area contributed by atoms with Gasteiger partial charge < -0.3 is 10.5 Å². The van der Waals surface area contributed by atoms with E-state index in [-0.39, 0.29) is 0 Å². The van der Waals surface area contributed by atoms with Gasteiger partial charge in [-0.15, -0.1) is 0 Å². The third kappa shape index (κ3) is 1.69. The Bertz CT molecular complexity index is 508. The highest BCUT2D eigenvalue weighted by molar-refractivity contribution is 5.47. The lowest BCUT2D eigenvalue weighted by atomic mass is 9.70. The van der Waals surface area contributed by atoms with Crippen molar-refractivity contribution in [1.82, 2.24) is 0 Å². The highest BCUT2D eigenvalue weighted by Gasteiger charge is 2.62. The van der Waals surface area contributed by atoms with Gasteiger partial charge in [-0.05, 0) is 61.3 Å². The lowest BCUT2D eigenvalue weighted by Gasteiger charge is -2.39. The van der Waals surface area contributed by atoms with Crippen molar-refractivity contribution < 1.29 is 4.74 Å². The zero-order valence-electron chi connectivity index (χ0n) is 12.5. The van der Waals surface area contributed by atoms with Crippen LogP contribution < -0.4 is 10.5 Å². The predicted molar refractivity (Wildman–Crippen MR) is 79.2 cm³/mol. The van der Waals surface area contributed by atoms with Crippen LogP contribution in [0.4, 0.5) is 5.69 Å². The summed E-state index contributed by atoms with van der Waals surface area (Å²) in [6, 6.07) is 5.95. The normalized spacial score (nSPS) is 35.6. The van der Waals surface area contributed by atoms with Crippen molar-refractivity contribution in [3.05, 3.63) is 23.8 Å². The maximum Gasteiger partial charge on any atom is 0.122 e. The number of benzene rings is 1. The van der Waals surface area contributed by atoms with E-state index in [1.807, 2.05) is 18.2 Å². The van der Waals surface area contributed by atoms with Crippen LogP contribution >= 0.6 is 0 Å². The molecule has 104 valence electrons. The first-order valence-electron chi connectivity index (χ1n) is 7.37. The number of fused-ring (bicyclic) bond motifs is 2. The summed E-state index contributed by atoms with van der Waals surface area (Å²) in [7, 11) is 0. The van der Waals surface area contributed by atoms with Crippen LogP contribution in [0.15, 0.2) is 18.2 Å². The Morgan fingerprint density at radius 3 is 2.53 bits per heavy atom. The molecule has 1 aromatic rings. The number of nitrogen functional groups attached to an aromatic ring is 1. The van der Waals surface area contributed by atoms with Gasteiger partial charge in [0.25, 0.3) is 0 Å². The molecule has 2 saturated carbocycles. The second-order valence-electron chi connectivity index (χ2n) is 7.24. The molecule has 2 heteroatoms. The number of aryl methyl sites for hydroxylation is 1. The molecule has 0 aliphatic heterocycles. The fraction of sp³-hybridized carbons (Fsp3) is 0.647. The largest absolute Gasteiger partial charge is 0.490 e. The van der Waals surface area contributed by atoms with Crippen molar-refractivity contribution in [2.75, 3.05) is 5.73 Å². The standard InChI is InChI=1S/C17H25NO/c1-11-9-13(18)5-6-14(11)19-15-10-12-7-8-17(15,4)16(12,2)3/h5-6,9,12,15H,7-8,10,18H2,1-4H3.